The Balaban J connectivity index is 1.63. The van der Waals surface area contributed by atoms with E-state index in [0.29, 0.717) is 28.3 Å². The van der Waals surface area contributed by atoms with E-state index >= 15 is 0 Å². The molecule has 0 unspecified atom stereocenters. The molecular weight excluding hydrogens is 454 g/mol. The lowest BCUT2D eigenvalue weighted by Gasteiger charge is -2.11. The van der Waals surface area contributed by atoms with Crippen LogP contribution in [0, 0.1) is 24.0 Å². The van der Waals surface area contributed by atoms with Crippen LogP contribution in [0.15, 0.2) is 41.6 Å². The third-order valence-electron chi connectivity index (χ3n) is 4.59. The Hall–Kier alpha value is -3.11. The highest BCUT2D eigenvalue weighted by Gasteiger charge is 2.17. The molecule has 0 aliphatic carbocycles. The number of carbonyl (C=O) groups excluding carboxylic acids is 1. The van der Waals surface area contributed by atoms with Gasteiger partial charge in [0.2, 0.25) is 5.91 Å². The number of rotatable bonds is 9. The lowest BCUT2D eigenvalue weighted by molar-refractivity contribution is -0.383. The summed E-state index contributed by atoms with van der Waals surface area (Å²) in [5.41, 5.74) is 1.86. The zero-order valence-corrected chi connectivity index (χ0v) is 19.4. The van der Waals surface area contributed by atoms with Crippen molar-refractivity contribution in [1.82, 2.24) is 14.8 Å². The summed E-state index contributed by atoms with van der Waals surface area (Å²) < 4.78 is 7.73. The van der Waals surface area contributed by atoms with Crippen molar-refractivity contribution in [3.05, 3.63) is 68.5 Å². The van der Waals surface area contributed by atoms with Gasteiger partial charge in [-0.2, -0.15) is 0 Å². The quantitative estimate of drug-likeness (QED) is 0.269. The van der Waals surface area contributed by atoms with Gasteiger partial charge < -0.3 is 14.6 Å². The molecule has 1 aromatic heterocycles. The van der Waals surface area contributed by atoms with Crippen LogP contribution in [0.4, 0.5) is 11.4 Å². The lowest BCUT2D eigenvalue weighted by Crippen LogP contribution is -2.15. The fourth-order valence-electron chi connectivity index (χ4n) is 3.04. The number of halogens is 1. The summed E-state index contributed by atoms with van der Waals surface area (Å²) >= 11 is 7.40. The van der Waals surface area contributed by atoms with E-state index in [0.717, 1.165) is 11.1 Å². The van der Waals surface area contributed by atoms with Crippen LogP contribution in [0.25, 0.3) is 0 Å². The minimum Gasteiger partial charge on any atom is -0.486 e. The van der Waals surface area contributed by atoms with Gasteiger partial charge in [-0.25, -0.2) is 0 Å². The Morgan fingerprint density at radius 1 is 1.25 bits per heavy atom. The summed E-state index contributed by atoms with van der Waals surface area (Å²) in [5, 5.41) is 23.3. The van der Waals surface area contributed by atoms with Crippen molar-refractivity contribution < 1.29 is 14.5 Å². The Morgan fingerprint density at radius 2 is 1.94 bits per heavy atom. The molecule has 0 fully saturated rings. The highest BCUT2D eigenvalue weighted by Crippen LogP contribution is 2.27. The Bertz CT molecular complexity index is 1130. The van der Waals surface area contributed by atoms with Gasteiger partial charge in [0.25, 0.3) is 5.69 Å². The van der Waals surface area contributed by atoms with E-state index in [1.807, 2.05) is 37.5 Å². The van der Waals surface area contributed by atoms with Crippen LogP contribution in [-0.2, 0) is 17.9 Å². The minimum atomic E-state index is -0.535. The standard InChI is InChI=1S/C21H22ClN5O4S/c1-4-26-18(11-31-15-9-13(2)20(22)14(3)10-15)24-25-21(26)32-12-19(28)23-16-7-5-6-8-17(16)27(29)30/h5-10H,4,11-12H2,1-3H3,(H,23,28). The first-order chi connectivity index (χ1) is 15.3. The third-order valence-corrected chi connectivity index (χ3v) is 6.16. The summed E-state index contributed by atoms with van der Waals surface area (Å²) in [4.78, 5) is 22.9. The maximum absolute atomic E-state index is 12.3. The second-order valence-electron chi connectivity index (χ2n) is 6.91. The van der Waals surface area contributed by atoms with E-state index in [4.69, 9.17) is 16.3 Å². The van der Waals surface area contributed by atoms with Crippen LogP contribution in [-0.4, -0.2) is 31.3 Å². The fraction of sp³-hybridized carbons (Fsp3) is 0.286. The molecule has 9 nitrogen and oxygen atoms in total. The van der Waals surface area contributed by atoms with E-state index < -0.39 is 4.92 Å². The number of aromatic nitrogens is 3. The summed E-state index contributed by atoms with van der Waals surface area (Å²) in [7, 11) is 0. The van der Waals surface area contributed by atoms with Crippen LogP contribution < -0.4 is 10.1 Å². The summed E-state index contributed by atoms with van der Waals surface area (Å²) in [6.07, 6.45) is 0. The van der Waals surface area contributed by atoms with Crippen molar-refractivity contribution in [3.63, 3.8) is 0 Å². The first-order valence-electron chi connectivity index (χ1n) is 9.77. The number of hydrogen-bond donors (Lipinski definition) is 1. The molecule has 0 radical (unpaired) electrons. The summed E-state index contributed by atoms with van der Waals surface area (Å²) in [5.74, 6) is 0.966. The average Bonchev–Trinajstić information content (AvgIpc) is 3.16. The highest BCUT2D eigenvalue weighted by atomic mass is 35.5. The van der Waals surface area contributed by atoms with Gasteiger partial charge >= 0.3 is 0 Å². The number of anilines is 1. The van der Waals surface area contributed by atoms with Crippen molar-refractivity contribution in [2.75, 3.05) is 11.1 Å². The third kappa shape index (κ3) is 5.57. The molecule has 0 aliphatic heterocycles. The Labute approximate surface area is 194 Å². The molecule has 1 heterocycles. The largest absolute Gasteiger partial charge is 0.486 e. The number of nitro benzene ring substituents is 1. The molecule has 168 valence electrons. The fourth-order valence-corrected chi connectivity index (χ4v) is 3.97. The van der Waals surface area contributed by atoms with Crippen molar-refractivity contribution >= 4 is 40.6 Å². The number of ether oxygens (including phenoxy) is 1. The lowest BCUT2D eigenvalue weighted by atomic mass is 10.1. The molecule has 0 aliphatic rings. The predicted octanol–water partition coefficient (Wildman–Crippen LogP) is 4.79. The smallest absolute Gasteiger partial charge is 0.292 e. The first kappa shape index (κ1) is 23.6. The van der Waals surface area contributed by atoms with Gasteiger partial charge in [-0.3, -0.25) is 14.9 Å². The molecule has 3 aromatic rings. The maximum Gasteiger partial charge on any atom is 0.292 e. The normalized spacial score (nSPS) is 10.8. The number of aryl methyl sites for hydroxylation is 2. The Kier molecular flexibility index (Phi) is 7.70. The van der Waals surface area contributed by atoms with Gasteiger partial charge in [0, 0.05) is 17.6 Å². The van der Waals surface area contributed by atoms with Gasteiger partial charge in [0.1, 0.15) is 18.0 Å². The number of nitrogens with one attached hydrogen (secondary N) is 1. The van der Waals surface area contributed by atoms with E-state index in [1.54, 1.807) is 12.1 Å². The molecule has 0 bridgehead atoms. The number of nitrogens with zero attached hydrogens (tertiary/aromatic N) is 4. The Morgan fingerprint density at radius 3 is 2.59 bits per heavy atom. The predicted molar refractivity (Wildman–Crippen MR) is 123 cm³/mol. The van der Waals surface area contributed by atoms with Gasteiger partial charge in [0.05, 0.1) is 10.7 Å². The molecule has 1 N–H and O–H groups in total. The number of hydrogen-bond acceptors (Lipinski definition) is 7. The van der Waals surface area contributed by atoms with Crippen molar-refractivity contribution in [2.24, 2.45) is 0 Å². The maximum atomic E-state index is 12.3. The zero-order chi connectivity index (χ0) is 23.3. The van der Waals surface area contributed by atoms with Crippen molar-refractivity contribution in [3.8, 4) is 5.75 Å². The second-order valence-corrected chi connectivity index (χ2v) is 8.23. The molecular formula is C21H22ClN5O4S. The number of amides is 1. The van der Waals surface area contributed by atoms with Gasteiger partial charge in [0.15, 0.2) is 11.0 Å². The van der Waals surface area contributed by atoms with Crippen LogP contribution in [0.3, 0.4) is 0 Å². The van der Waals surface area contributed by atoms with Crippen LogP contribution in [0.2, 0.25) is 5.02 Å². The van der Waals surface area contributed by atoms with E-state index in [9.17, 15) is 14.9 Å². The summed E-state index contributed by atoms with van der Waals surface area (Å²) in [6.45, 7) is 6.59. The van der Waals surface area contributed by atoms with Crippen molar-refractivity contribution in [2.45, 2.75) is 39.1 Å². The molecule has 0 spiro atoms. The van der Waals surface area contributed by atoms with Crippen LogP contribution in [0.1, 0.15) is 23.9 Å². The van der Waals surface area contributed by atoms with Crippen LogP contribution >= 0.6 is 23.4 Å². The first-order valence-corrected chi connectivity index (χ1v) is 11.1. The zero-order valence-electron chi connectivity index (χ0n) is 17.8. The molecule has 0 saturated carbocycles. The number of benzene rings is 2. The number of carbonyl (C=O) groups is 1. The number of nitro groups is 1. The summed E-state index contributed by atoms with van der Waals surface area (Å²) in [6, 6.07) is 9.73. The average molecular weight is 476 g/mol. The molecule has 3 rings (SSSR count). The molecule has 11 heteroatoms. The van der Waals surface area contributed by atoms with Crippen LogP contribution in [0.5, 0.6) is 5.75 Å². The van der Waals surface area contributed by atoms with Gasteiger partial charge in [-0.15, -0.1) is 10.2 Å². The molecule has 2 aromatic carbocycles. The molecule has 0 saturated heterocycles. The van der Waals surface area contributed by atoms with E-state index in [2.05, 4.69) is 15.5 Å². The molecule has 32 heavy (non-hydrogen) atoms. The monoisotopic (exact) mass is 475 g/mol. The number of thioether (sulfide) groups is 1. The SMILES string of the molecule is CCn1c(COc2cc(C)c(Cl)c(C)c2)nnc1SCC(=O)Nc1ccccc1[N+](=O)[O-]. The second kappa shape index (κ2) is 10.5. The minimum absolute atomic E-state index is 0.0284. The van der Waals surface area contributed by atoms with Gasteiger partial charge in [-0.05, 0) is 50.1 Å². The highest BCUT2D eigenvalue weighted by molar-refractivity contribution is 7.99. The number of para-hydroxylation sites is 2. The van der Waals surface area contributed by atoms with E-state index in [1.165, 1.54) is 23.9 Å². The van der Waals surface area contributed by atoms with Crippen molar-refractivity contribution in [1.29, 1.82) is 0 Å². The van der Waals surface area contributed by atoms with E-state index in [-0.39, 0.29) is 29.6 Å². The van der Waals surface area contributed by atoms with Gasteiger partial charge in [-0.1, -0.05) is 35.5 Å². The molecule has 0 atom stereocenters. The molecule has 1 amide bonds. The topological polar surface area (TPSA) is 112 Å².